The van der Waals surface area contributed by atoms with Gasteiger partial charge in [-0.3, -0.25) is 4.98 Å². The van der Waals surface area contributed by atoms with Crippen LogP contribution in [-0.2, 0) is 6.54 Å². The summed E-state index contributed by atoms with van der Waals surface area (Å²) in [6.45, 7) is 7.94. The summed E-state index contributed by atoms with van der Waals surface area (Å²) in [4.78, 5) is 8.73. The van der Waals surface area contributed by atoms with Gasteiger partial charge in [-0.2, -0.15) is 0 Å². The van der Waals surface area contributed by atoms with Crippen molar-refractivity contribution in [1.82, 2.24) is 15.3 Å². The molecule has 1 fully saturated rings. The Hall–Kier alpha value is -1.16. The van der Waals surface area contributed by atoms with E-state index in [0.717, 1.165) is 18.8 Å². The molecule has 0 aliphatic heterocycles. The average molecular weight is 277 g/mol. The van der Waals surface area contributed by atoms with Crippen LogP contribution in [0.3, 0.4) is 0 Å². The molecule has 4 nitrogen and oxygen atoms in total. The van der Waals surface area contributed by atoms with Crippen LogP contribution >= 0.6 is 0 Å². The number of rotatable bonds is 5. The molecule has 1 saturated carbocycles. The number of hydrogen-bond donors (Lipinski definition) is 1. The molecule has 1 aromatic heterocycles. The highest BCUT2D eigenvalue weighted by Gasteiger charge is 2.14. The zero-order chi connectivity index (χ0) is 14.4. The van der Waals surface area contributed by atoms with E-state index in [0.29, 0.717) is 11.8 Å². The first-order valence-electron chi connectivity index (χ1n) is 7.72. The van der Waals surface area contributed by atoms with Crippen LogP contribution < -0.4 is 10.1 Å². The smallest absolute Gasteiger partial charge is 0.232 e. The van der Waals surface area contributed by atoms with Gasteiger partial charge in [-0.1, -0.05) is 19.3 Å². The van der Waals surface area contributed by atoms with E-state index in [1.165, 1.54) is 32.1 Å². The molecule has 1 aromatic rings. The van der Waals surface area contributed by atoms with Crippen molar-refractivity contribution in [1.29, 1.82) is 0 Å². The number of hydrogen-bond acceptors (Lipinski definition) is 4. The van der Waals surface area contributed by atoms with Crippen molar-refractivity contribution in [3.05, 3.63) is 18.1 Å². The number of aromatic nitrogens is 2. The van der Waals surface area contributed by atoms with E-state index < -0.39 is 0 Å². The lowest BCUT2D eigenvalue weighted by atomic mass is 9.90. The highest BCUT2D eigenvalue weighted by molar-refractivity contribution is 5.07. The van der Waals surface area contributed by atoms with Crippen LogP contribution in [-0.4, -0.2) is 22.1 Å². The second kappa shape index (κ2) is 7.02. The molecule has 20 heavy (non-hydrogen) atoms. The first kappa shape index (κ1) is 15.2. The molecule has 1 aliphatic rings. The minimum atomic E-state index is 0.0951. The zero-order valence-electron chi connectivity index (χ0n) is 13.0. The van der Waals surface area contributed by atoms with Gasteiger partial charge in [0.1, 0.15) is 0 Å². The summed E-state index contributed by atoms with van der Waals surface area (Å²) in [5, 5.41) is 3.40. The van der Waals surface area contributed by atoms with E-state index in [4.69, 9.17) is 4.74 Å². The van der Waals surface area contributed by atoms with Gasteiger partial charge in [0.05, 0.1) is 24.7 Å². The summed E-state index contributed by atoms with van der Waals surface area (Å²) in [6, 6.07) is 0. The van der Waals surface area contributed by atoms with Gasteiger partial charge >= 0.3 is 0 Å². The van der Waals surface area contributed by atoms with Crippen molar-refractivity contribution in [2.45, 2.75) is 65.0 Å². The molecule has 1 heterocycles. The van der Waals surface area contributed by atoms with Crippen molar-refractivity contribution in [3.8, 4) is 5.88 Å². The highest BCUT2D eigenvalue weighted by atomic mass is 16.5. The van der Waals surface area contributed by atoms with Crippen LogP contribution in [0.4, 0.5) is 0 Å². The first-order valence-corrected chi connectivity index (χ1v) is 7.72. The third-order valence-corrected chi connectivity index (χ3v) is 3.67. The monoisotopic (exact) mass is 277 g/mol. The zero-order valence-corrected chi connectivity index (χ0v) is 13.0. The molecule has 0 amide bonds. The van der Waals surface area contributed by atoms with Gasteiger partial charge in [-0.15, -0.1) is 0 Å². The van der Waals surface area contributed by atoms with Crippen molar-refractivity contribution < 1.29 is 4.74 Å². The van der Waals surface area contributed by atoms with Crippen molar-refractivity contribution in [3.63, 3.8) is 0 Å². The molecule has 112 valence electrons. The minimum absolute atomic E-state index is 0.0951. The lowest BCUT2D eigenvalue weighted by Gasteiger charge is -2.21. The molecule has 0 aromatic carbocycles. The molecular formula is C16H27N3O. The van der Waals surface area contributed by atoms with Gasteiger partial charge < -0.3 is 10.1 Å². The topological polar surface area (TPSA) is 47.0 Å². The van der Waals surface area contributed by atoms with Gasteiger partial charge in [-0.25, -0.2) is 4.98 Å². The van der Waals surface area contributed by atoms with E-state index in [9.17, 15) is 0 Å². The molecular weight excluding hydrogens is 250 g/mol. The summed E-state index contributed by atoms with van der Waals surface area (Å²) in [7, 11) is 0. The quantitative estimate of drug-likeness (QED) is 0.897. The number of nitrogens with one attached hydrogen (secondary N) is 1. The third-order valence-electron chi connectivity index (χ3n) is 3.67. The SMILES string of the molecule is CC(C)(C)NCc1cnc(OCC2CCCCC2)cn1. The summed E-state index contributed by atoms with van der Waals surface area (Å²) < 4.78 is 5.75. The van der Waals surface area contributed by atoms with Crippen LogP contribution in [0.2, 0.25) is 0 Å². The summed E-state index contributed by atoms with van der Waals surface area (Å²) in [5.41, 5.74) is 1.04. The van der Waals surface area contributed by atoms with E-state index in [2.05, 4.69) is 36.1 Å². The van der Waals surface area contributed by atoms with Gasteiger partial charge in [0.2, 0.25) is 5.88 Å². The van der Waals surface area contributed by atoms with Gasteiger partial charge in [0, 0.05) is 12.1 Å². The highest BCUT2D eigenvalue weighted by Crippen LogP contribution is 2.24. The molecule has 1 N–H and O–H groups in total. The van der Waals surface area contributed by atoms with Gasteiger partial charge in [0.15, 0.2) is 0 Å². The molecule has 0 saturated heterocycles. The van der Waals surface area contributed by atoms with Gasteiger partial charge in [0.25, 0.3) is 0 Å². The van der Waals surface area contributed by atoms with Crippen LogP contribution in [0.1, 0.15) is 58.6 Å². The van der Waals surface area contributed by atoms with Crippen LogP contribution in [0.25, 0.3) is 0 Å². The molecule has 0 radical (unpaired) electrons. The summed E-state index contributed by atoms with van der Waals surface area (Å²) >= 11 is 0. The molecule has 0 atom stereocenters. The predicted octanol–water partition coefficient (Wildman–Crippen LogP) is 3.32. The van der Waals surface area contributed by atoms with E-state index >= 15 is 0 Å². The Bertz CT molecular complexity index is 391. The lowest BCUT2D eigenvalue weighted by Crippen LogP contribution is -2.35. The Kier molecular flexibility index (Phi) is 5.35. The van der Waals surface area contributed by atoms with Gasteiger partial charge in [-0.05, 0) is 39.5 Å². The Morgan fingerprint density at radius 2 is 1.90 bits per heavy atom. The Balaban J connectivity index is 1.76. The Labute approximate surface area is 122 Å². The van der Waals surface area contributed by atoms with Crippen molar-refractivity contribution in [2.75, 3.05) is 6.61 Å². The fraction of sp³-hybridized carbons (Fsp3) is 0.750. The maximum absolute atomic E-state index is 5.75. The van der Waals surface area contributed by atoms with E-state index in [1.807, 2.05) is 0 Å². The lowest BCUT2D eigenvalue weighted by molar-refractivity contribution is 0.202. The maximum Gasteiger partial charge on any atom is 0.232 e. The molecule has 0 bridgehead atoms. The minimum Gasteiger partial charge on any atom is -0.476 e. The van der Waals surface area contributed by atoms with Crippen molar-refractivity contribution >= 4 is 0 Å². The first-order chi connectivity index (χ1) is 9.53. The Morgan fingerprint density at radius 1 is 1.15 bits per heavy atom. The largest absolute Gasteiger partial charge is 0.476 e. The van der Waals surface area contributed by atoms with Crippen LogP contribution in [0.5, 0.6) is 5.88 Å². The number of nitrogens with zero attached hydrogens (tertiary/aromatic N) is 2. The fourth-order valence-corrected chi connectivity index (χ4v) is 2.42. The van der Waals surface area contributed by atoms with E-state index in [1.54, 1.807) is 12.4 Å². The van der Waals surface area contributed by atoms with Crippen LogP contribution in [0.15, 0.2) is 12.4 Å². The standard InChI is InChI=1S/C16H27N3O/c1-16(2,3)19-10-14-9-18-15(11-17-14)20-12-13-7-5-4-6-8-13/h9,11,13,19H,4-8,10,12H2,1-3H3. The van der Waals surface area contributed by atoms with Crippen molar-refractivity contribution in [2.24, 2.45) is 5.92 Å². The van der Waals surface area contributed by atoms with Crippen LogP contribution in [0, 0.1) is 5.92 Å². The fourth-order valence-electron chi connectivity index (χ4n) is 2.42. The van der Waals surface area contributed by atoms with E-state index in [-0.39, 0.29) is 5.54 Å². The molecule has 4 heteroatoms. The summed E-state index contributed by atoms with van der Waals surface area (Å²) in [6.07, 6.45) is 10.2. The Morgan fingerprint density at radius 3 is 2.50 bits per heavy atom. The second-order valence-electron chi connectivity index (χ2n) is 6.76. The molecule has 0 spiro atoms. The normalized spacial score (nSPS) is 17.1. The average Bonchev–Trinajstić information content (AvgIpc) is 2.44. The molecule has 2 rings (SSSR count). The summed E-state index contributed by atoms with van der Waals surface area (Å²) in [5.74, 6) is 1.35. The molecule has 1 aliphatic carbocycles. The maximum atomic E-state index is 5.75. The second-order valence-corrected chi connectivity index (χ2v) is 6.76. The third kappa shape index (κ3) is 5.45. The predicted molar refractivity (Wildman–Crippen MR) is 80.7 cm³/mol. The number of ether oxygens (including phenoxy) is 1. The molecule has 0 unspecified atom stereocenters.